The monoisotopic (exact) mass is 370 g/mol. The van der Waals surface area contributed by atoms with E-state index in [2.05, 4.69) is 19.2 Å². The number of nitriles is 1. The zero-order valence-electron chi connectivity index (χ0n) is 16.0. The topological polar surface area (TPSA) is 88.4 Å². The number of ether oxygens (including phenoxy) is 2. The third-order valence-corrected chi connectivity index (χ3v) is 5.15. The van der Waals surface area contributed by atoms with Crippen molar-refractivity contribution < 1.29 is 19.1 Å². The van der Waals surface area contributed by atoms with Crippen LogP contribution in [-0.2, 0) is 14.3 Å². The van der Waals surface area contributed by atoms with Gasteiger partial charge in [0.05, 0.1) is 7.11 Å². The van der Waals surface area contributed by atoms with E-state index in [0.29, 0.717) is 23.1 Å². The SMILES string of the molecule is COc1ccc(/C=C(/C#N)C(=O)OCC(=O)N[C@@H]2CCC[C@@H](C)[C@H]2C)cc1. The Kier molecular flexibility index (Phi) is 7.42. The maximum Gasteiger partial charge on any atom is 0.349 e. The fourth-order valence-electron chi connectivity index (χ4n) is 3.25. The summed E-state index contributed by atoms with van der Waals surface area (Å²) in [6.45, 7) is 3.93. The zero-order chi connectivity index (χ0) is 19.8. The lowest BCUT2D eigenvalue weighted by molar-refractivity contribution is -0.144. The van der Waals surface area contributed by atoms with Crippen LogP contribution in [0.5, 0.6) is 5.75 Å². The molecule has 1 aliphatic carbocycles. The predicted molar refractivity (Wildman–Crippen MR) is 102 cm³/mol. The van der Waals surface area contributed by atoms with E-state index in [4.69, 9.17) is 9.47 Å². The molecule has 1 N–H and O–H groups in total. The van der Waals surface area contributed by atoms with Crippen LogP contribution in [-0.4, -0.2) is 31.6 Å². The van der Waals surface area contributed by atoms with E-state index in [1.165, 1.54) is 12.5 Å². The minimum atomic E-state index is -0.812. The Morgan fingerprint density at radius 2 is 1.96 bits per heavy atom. The van der Waals surface area contributed by atoms with Gasteiger partial charge in [-0.15, -0.1) is 0 Å². The second-order valence-corrected chi connectivity index (χ2v) is 6.96. The van der Waals surface area contributed by atoms with Gasteiger partial charge in [-0.2, -0.15) is 5.26 Å². The Morgan fingerprint density at radius 3 is 2.59 bits per heavy atom. The van der Waals surface area contributed by atoms with Gasteiger partial charge in [0.15, 0.2) is 6.61 Å². The van der Waals surface area contributed by atoms with Gasteiger partial charge in [0.25, 0.3) is 5.91 Å². The molecule has 6 heteroatoms. The summed E-state index contributed by atoms with van der Waals surface area (Å²) < 4.78 is 10.1. The standard InChI is InChI=1S/C21H26N2O4/c1-14-5-4-6-19(15(14)2)23-20(24)13-27-21(25)17(12-22)11-16-7-9-18(26-3)10-8-16/h7-11,14-15,19H,4-6,13H2,1-3H3,(H,23,24)/b17-11-/t14-,15-,19-/m1/s1. The summed E-state index contributed by atoms with van der Waals surface area (Å²) in [6.07, 6.45) is 4.61. The van der Waals surface area contributed by atoms with Gasteiger partial charge in [-0.3, -0.25) is 4.79 Å². The molecule has 0 heterocycles. The van der Waals surface area contributed by atoms with Crippen molar-refractivity contribution >= 4 is 18.0 Å². The molecule has 1 amide bonds. The average molecular weight is 370 g/mol. The van der Waals surface area contributed by atoms with Crippen molar-refractivity contribution in [3.8, 4) is 11.8 Å². The molecule has 1 saturated carbocycles. The fourth-order valence-corrected chi connectivity index (χ4v) is 3.25. The molecule has 1 fully saturated rings. The van der Waals surface area contributed by atoms with E-state index in [9.17, 15) is 14.9 Å². The summed E-state index contributed by atoms with van der Waals surface area (Å²) in [5, 5.41) is 12.1. The molecule has 0 saturated heterocycles. The van der Waals surface area contributed by atoms with Crippen LogP contribution < -0.4 is 10.1 Å². The number of nitrogens with zero attached hydrogens (tertiary/aromatic N) is 1. The van der Waals surface area contributed by atoms with E-state index in [-0.39, 0.29) is 17.5 Å². The molecule has 0 unspecified atom stereocenters. The van der Waals surface area contributed by atoms with Crippen molar-refractivity contribution in [3.05, 3.63) is 35.4 Å². The number of carbonyl (C=O) groups excluding carboxylic acids is 2. The molecule has 27 heavy (non-hydrogen) atoms. The number of methoxy groups -OCH3 is 1. The Labute approximate surface area is 160 Å². The summed E-state index contributed by atoms with van der Waals surface area (Å²) in [6, 6.07) is 8.83. The highest BCUT2D eigenvalue weighted by molar-refractivity contribution is 5.98. The number of benzene rings is 1. The molecule has 144 valence electrons. The molecule has 2 rings (SSSR count). The van der Waals surface area contributed by atoms with Crippen LogP contribution in [0.15, 0.2) is 29.8 Å². The normalized spacial score (nSPS) is 22.4. The Balaban J connectivity index is 1.89. The second-order valence-electron chi connectivity index (χ2n) is 6.96. The highest BCUT2D eigenvalue weighted by Gasteiger charge is 2.28. The van der Waals surface area contributed by atoms with Crippen molar-refractivity contribution in [3.63, 3.8) is 0 Å². The van der Waals surface area contributed by atoms with Crippen LogP contribution in [0.25, 0.3) is 6.08 Å². The van der Waals surface area contributed by atoms with E-state index < -0.39 is 12.6 Å². The van der Waals surface area contributed by atoms with Crippen molar-refractivity contribution in [2.45, 2.75) is 39.2 Å². The lowest BCUT2D eigenvalue weighted by atomic mass is 9.78. The lowest BCUT2D eigenvalue weighted by Crippen LogP contribution is -2.45. The third kappa shape index (κ3) is 5.85. The molecule has 0 aliphatic heterocycles. The molecule has 6 nitrogen and oxygen atoms in total. The molecule has 0 radical (unpaired) electrons. The van der Waals surface area contributed by atoms with Gasteiger partial charge in [-0.05, 0) is 42.0 Å². The Bertz CT molecular complexity index is 734. The number of carbonyl (C=O) groups is 2. The quantitative estimate of drug-likeness (QED) is 0.472. The Hall–Kier alpha value is -2.81. The molecule has 0 aromatic heterocycles. The molecular weight excluding hydrogens is 344 g/mol. The van der Waals surface area contributed by atoms with Gasteiger partial charge in [0, 0.05) is 6.04 Å². The number of rotatable bonds is 6. The molecule has 1 aliphatic rings. The summed E-state index contributed by atoms with van der Waals surface area (Å²) in [7, 11) is 1.56. The average Bonchev–Trinajstić information content (AvgIpc) is 2.68. The second kappa shape index (κ2) is 9.77. The largest absolute Gasteiger partial charge is 0.497 e. The first-order chi connectivity index (χ1) is 12.9. The van der Waals surface area contributed by atoms with Crippen molar-refractivity contribution in [1.29, 1.82) is 5.26 Å². The molecule has 1 aromatic carbocycles. The maximum absolute atomic E-state index is 12.1. The van der Waals surface area contributed by atoms with Gasteiger partial charge >= 0.3 is 5.97 Å². The first-order valence-electron chi connectivity index (χ1n) is 9.17. The van der Waals surface area contributed by atoms with Gasteiger partial charge in [0.1, 0.15) is 17.4 Å². The number of hydrogen-bond donors (Lipinski definition) is 1. The number of nitrogens with one attached hydrogen (secondary N) is 1. The van der Waals surface area contributed by atoms with E-state index in [0.717, 1.165) is 12.8 Å². The van der Waals surface area contributed by atoms with Crippen LogP contribution >= 0.6 is 0 Å². The summed E-state index contributed by atoms with van der Waals surface area (Å²) >= 11 is 0. The fraction of sp³-hybridized carbons (Fsp3) is 0.476. The summed E-state index contributed by atoms with van der Waals surface area (Å²) in [5.74, 6) is 0.480. The number of esters is 1. The lowest BCUT2D eigenvalue weighted by Gasteiger charge is -2.34. The smallest absolute Gasteiger partial charge is 0.349 e. The van der Waals surface area contributed by atoms with Crippen LogP contribution in [0.3, 0.4) is 0 Å². The van der Waals surface area contributed by atoms with Gasteiger partial charge in [-0.25, -0.2) is 4.79 Å². The number of hydrogen-bond acceptors (Lipinski definition) is 5. The van der Waals surface area contributed by atoms with Gasteiger partial charge in [-0.1, -0.05) is 38.8 Å². The first-order valence-corrected chi connectivity index (χ1v) is 9.17. The number of amides is 1. The highest BCUT2D eigenvalue weighted by Crippen LogP contribution is 2.29. The minimum absolute atomic E-state index is 0.102. The van der Waals surface area contributed by atoms with Crippen LogP contribution in [0.2, 0.25) is 0 Å². The third-order valence-electron chi connectivity index (χ3n) is 5.15. The van der Waals surface area contributed by atoms with E-state index in [1.54, 1.807) is 31.4 Å². The van der Waals surface area contributed by atoms with Crippen LogP contribution in [0.1, 0.15) is 38.7 Å². The van der Waals surface area contributed by atoms with Crippen LogP contribution in [0.4, 0.5) is 0 Å². The minimum Gasteiger partial charge on any atom is -0.497 e. The van der Waals surface area contributed by atoms with Crippen molar-refractivity contribution in [2.75, 3.05) is 13.7 Å². The van der Waals surface area contributed by atoms with E-state index in [1.807, 2.05) is 6.07 Å². The van der Waals surface area contributed by atoms with Crippen molar-refractivity contribution in [1.82, 2.24) is 5.32 Å². The summed E-state index contributed by atoms with van der Waals surface area (Å²) in [5.41, 5.74) is 0.506. The predicted octanol–water partition coefficient (Wildman–Crippen LogP) is 3.09. The zero-order valence-corrected chi connectivity index (χ0v) is 16.0. The first kappa shape index (κ1) is 20.5. The maximum atomic E-state index is 12.1. The molecule has 1 aromatic rings. The molecule has 3 atom stereocenters. The molecule has 0 bridgehead atoms. The highest BCUT2D eigenvalue weighted by atomic mass is 16.5. The summed E-state index contributed by atoms with van der Waals surface area (Å²) in [4.78, 5) is 24.2. The van der Waals surface area contributed by atoms with E-state index >= 15 is 0 Å². The van der Waals surface area contributed by atoms with Gasteiger partial charge in [0.2, 0.25) is 0 Å². The van der Waals surface area contributed by atoms with Crippen molar-refractivity contribution in [2.24, 2.45) is 11.8 Å². The van der Waals surface area contributed by atoms with Gasteiger partial charge < -0.3 is 14.8 Å². The molecular formula is C21H26N2O4. The van der Waals surface area contributed by atoms with Crippen LogP contribution in [0, 0.1) is 23.2 Å². The Morgan fingerprint density at radius 1 is 1.26 bits per heavy atom. The molecule has 0 spiro atoms.